The number of rotatable bonds is 4. The van der Waals surface area contributed by atoms with Crippen LogP contribution in [0.5, 0.6) is 0 Å². The highest BCUT2D eigenvalue weighted by atomic mass is 32.1. The summed E-state index contributed by atoms with van der Waals surface area (Å²) in [6, 6.07) is 23.1. The lowest BCUT2D eigenvalue weighted by Crippen LogP contribution is -2.57. The van der Waals surface area contributed by atoms with Gasteiger partial charge >= 0.3 is 0 Å². The van der Waals surface area contributed by atoms with E-state index in [-0.39, 0.29) is 23.2 Å². The number of hydrogen-bond donors (Lipinski definition) is 1. The van der Waals surface area contributed by atoms with Crippen molar-refractivity contribution in [3.63, 3.8) is 0 Å². The molecule has 6 nitrogen and oxygen atoms in total. The molecule has 3 aliphatic rings. The molecule has 7 rings (SSSR count). The van der Waals surface area contributed by atoms with Crippen LogP contribution < -0.4 is 5.32 Å². The molecule has 174 valence electrons. The summed E-state index contributed by atoms with van der Waals surface area (Å²) in [5.74, 6) is -0.532. The van der Waals surface area contributed by atoms with Gasteiger partial charge in [-0.25, -0.2) is 4.98 Å². The summed E-state index contributed by atoms with van der Waals surface area (Å²) < 4.78 is 0. The number of nitrogens with zero attached hydrogens (tertiary/aromatic N) is 2. The average molecular weight is 482 g/mol. The van der Waals surface area contributed by atoms with Crippen molar-refractivity contribution in [2.75, 3.05) is 5.32 Å². The molecule has 1 aromatic heterocycles. The number of nitrogens with one attached hydrogen (secondary N) is 1. The molecule has 2 bridgehead atoms. The summed E-state index contributed by atoms with van der Waals surface area (Å²) in [6.07, 6.45) is 0.0910. The van der Waals surface area contributed by atoms with Crippen LogP contribution in [-0.2, 0) is 10.3 Å². The molecular formula is C28H23N3O3S. The Hall–Kier alpha value is -3.84. The number of fused-ring (bicyclic) bond motifs is 1. The number of carbonyl (C=O) groups is 1. The standard InChI is InChI=1S/C28H23N3O3S/c1-17-11-13-18(14-12-17)23-15-35-26(29-23)30-25(32)27(2)16-28(31(33)34)21-9-5-3-7-19(21)24(27)20-8-4-6-10-22(20)28/h3-15,24H,16H2,1-2H3,(H,29,30,32). The number of hydrogen-bond acceptors (Lipinski definition) is 5. The number of aryl methyl sites for hydroxylation is 1. The van der Waals surface area contributed by atoms with Crippen molar-refractivity contribution in [3.05, 3.63) is 116 Å². The molecule has 1 amide bonds. The van der Waals surface area contributed by atoms with Crippen LogP contribution in [0.3, 0.4) is 0 Å². The number of carbonyl (C=O) groups excluding carboxylic acids is 1. The van der Waals surface area contributed by atoms with E-state index in [0.29, 0.717) is 16.3 Å². The zero-order valence-corrected chi connectivity index (χ0v) is 20.1. The predicted octanol–water partition coefficient (Wildman–Crippen LogP) is 6.13. The van der Waals surface area contributed by atoms with Crippen molar-refractivity contribution in [2.45, 2.75) is 31.7 Å². The van der Waals surface area contributed by atoms with Gasteiger partial charge in [0.1, 0.15) is 0 Å². The molecule has 1 atom stereocenters. The largest absolute Gasteiger partial charge is 0.301 e. The molecule has 3 aromatic carbocycles. The van der Waals surface area contributed by atoms with Gasteiger partial charge in [-0.3, -0.25) is 14.9 Å². The Morgan fingerprint density at radius 3 is 2.23 bits per heavy atom. The van der Waals surface area contributed by atoms with Gasteiger partial charge in [0.25, 0.3) is 5.54 Å². The summed E-state index contributed by atoms with van der Waals surface area (Å²) in [7, 11) is 0. The van der Waals surface area contributed by atoms with Crippen LogP contribution in [-0.4, -0.2) is 15.8 Å². The van der Waals surface area contributed by atoms with E-state index in [1.165, 1.54) is 11.3 Å². The van der Waals surface area contributed by atoms with Crippen LogP contribution in [0.15, 0.2) is 78.2 Å². The van der Waals surface area contributed by atoms with Gasteiger partial charge in [-0.2, -0.15) is 0 Å². The molecule has 0 saturated heterocycles. The highest BCUT2D eigenvalue weighted by Crippen LogP contribution is 2.64. The van der Waals surface area contributed by atoms with Crippen molar-refractivity contribution in [2.24, 2.45) is 5.41 Å². The number of nitro groups is 1. The zero-order valence-electron chi connectivity index (χ0n) is 19.3. The lowest BCUT2D eigenvalue weighted by atomic mass is 9.49. The Bertz CT molecular complexity index is 1450. The minimum absolute atomic E-state index is 0.0910. The molecule has 0 saturated carbocycles. The summed E-state index contributed by atoms with van der Waals surface area (Å²) in [5.41, 5.74) is 3.53. The Morgan fingerprint density at radius 1 is 1.03 bits per heavy atom. The number of benzene rings is 3. The fraction of sp³-hybridized carbons (Fsp3) is 0.214. The van der Waals surface area contributed by atoms with E-state index in [0.717, 1.165) is 27.9 Å². The second-order valence-corrected chi connectivity index (χ2v) is 10.5. The molecule has 0 radical (unpaired) electrons. The summed E-state index contributed by atoms with van der Waals surface area (Å²) in [6.45, 7) is 3.88. The van der Waals surface area contributed by atoms with Crippen molar-refractivity contribution < 1.29 is 9.72 Å². The lowest BCUT2D eigenvalue weighted by Gasteiger charge is -2.52. The fourth-order valence-electron chi connectivity index (χ4n) is 5.97. The Kier molecular flexibility index (Phi) is 4.70. The monoisotopic (exact) mass is 481 g/mol. The van der Waals surface area contributed by atoms with Crippen LogP contribution in [0, 0.1) is 22.5 Å². The van der Waals surface area contributed by atoms with Crippen molar-refractivity contribution in [1.82, 2.24) is 4.98 Å². The van der Waals surface area contributed by atoms with Gasteiger partial charge in [0.15, 0.2) is 5.13 Å². The van der Waals surface area contributed by atoms with E-state index >= 15 is 0 Å². The van der Waals surface area contributed by atoms with Gasteiger partial charge in [0.05, 0.1) is 11.1 Å². The Labute approximate surface area is 206 Å². The van der Waals surface area contributed by atoms with E-state index in [9.17, 15) is 14.9 Å². The SMILES string of the molecule is Cc1ccc(-c2csc(NC(=O)C3(C)CC4([N+](=O)[O-])c5ccccc5C3c3ccccc34)n2)cc1. The highest BCUT2D eigenvalue weighted by Gasteiger charge is 2.67. The molecule has 0 spiro atoms. The van der Waals surface area contributed by atoms with E-state index in [1.54, 1.807) is 0 Å². The quantitative estimate of drug-likeness (QED) is 0.281. The van der Waals surface area contributed by atoms with E-state index < -0.39 is 11.0 Å². The van der Waals surface area contributed by atoms with Gasteiger partial charge in [0, 0.05) is 39.3 Å². The third-order valence-electron chi connectivity index (χ3n) is 7.60. The first-order valence-corrected chi connectivity index (χ1v) is 12.4. The zero-order chi connectivity index (χ0) is 24.4. The molecular weight excluding hydrogens is 458 g/mol. The van der Waals surface area contributed by atoms with Gasteiger partial charge in [-0.1, -0.05) is 78.4 Å². The van der Waals surface area contributed by atoms with E-state index in [4.69, 9.17) is 0 Å². The number of amides is 1. The van der Waals surface area contributed by atoms with Crippen LogP contribution >= 0.6 is 11.3 Å². The third-order valence-corrected chi connectivity index (χ3v) is 8.36. The van der Waals surface area contributed by atoms with Crippen molar-refractivity contribution in [3.8, 4) is 11.3 Å². The smallest absolute Gasteiger partial charge is 0.273 e. The molecule has 7 heteroatoms. The number of aromatic nitrogens is 1. The second-order valence-electron chi connectivity index (χ2n) is 9.68. The van der Waals surface area contributed by atoms with Gasteiger partial charge in [-0.15, -0.1) is 11.3 Å². The maximum atomic E-state index is 13.9. The number of anilines is 1. The van der Waals surface area contributed by atoms with Crippen molar-refractivity contribution >= 4 is 22.4 Å². The van der Waals surface area contributed by atoms with Crippen LogP contribution in [0.25, 0.3) is 11.3 Å². The predicted molar refractivity (Wildman–Crippen MR) is 136 cm³/mol. The second kappa shape index (κ2) is 7.58. The summed E-state index contributed by atoms with van der Waals surface area (Å²) in [4.78, 5) is 31.1. The maximum absolute atomic E-state index is 13.9. The first-order valence-electron chi connectivity index (χ1n) is 11.5. The van der Waals surface area contributed by atoms with Crippen molar-refractivity contribution in [1.29, 1.82) is 0 Å². The first-order chi connectivity index (χ1) is 16.8. The highest BCUT2D eigenvalue weighted by molar-refractivity contribution is 7.14. The molecule has 35 heavy (non-hydrogen) atoms. The molecule has 4 aromatic rings. The molecule has 0 aliphatic heterocycles. The summed E-state index contributed by atoms with van der Waals surface area (Å²) in [5, 5.41) is 18.2. The lowest BCUT2D eigenvalue weighted by molar-refractivity contribution is -0.573. The maximum Gasteiger partial charge on any atom is 0.273 e. The molecule has 1 heterocycles. The number of thiazole rings is 1. The van der Waals surface area contributed by atoms with E-state index in [1.807, 2.05) is 92.0 Å². The fourth-order valence-corrected chi connectivity index (χ4v) is 6.69. The molecule has 3 aliphatic carbocycles. The summed E-state index contributed by atoms with van der Waals surface area (Å²) >= 11 is 1.36. The normalized spacial score (nSPS) is 23.9. The van der Waals surface area contributed by atoms with Crippen LogP contribution in [0.4, 0.5) is 5.13 Å². The van der Waals surface area contributed by atoms with Crippen LogP contribution in [0.1, 0.15) is 47.1 Å². The van der Waals surface area contributed by atoms with Crippen LogP contribution in [0.2, 0.25) is 0 Å². The average Bonchev–Trinajstić information content (AvgIpc) is 3.33. The molecule has 0 fully saturated rings. The molecule has 1 unspecified atom stereocenters. The minimum atomic E-state index is -1.47. The van der Waals surface area contributed by atoms with Gasteiger partial charge in [0.2, 0.25) is 5.91 Å². The van der Waals surface area contributed by atoms with Gasteiger partial charge < -0.3 is 5.32 Å². The Balaban J connectivity index is 1.42. The minimum Gasteiger partial charge on any atom is -0.301 e. The first kappa shape index (κ1) is 21.7. The molecule has 1 N–H and O–H groups in total. The van der Waals surface area contributed by atoms with E-state index in [2.05, 4.69) is 10.3 Å². The third kappa shape index (κ3) is 3.01. The topological polar surface area (TPSA) is 85.1 Å². The van der Waals surface area contributed by atoms with Gasteiger partial charge in [-0.05, 0) is 25.0 Å². The Morgan fingerprint density at radius 2 is 1.63 bits per heavy atom.